The lowest BCUT2D eigenvalue weighted by Gasteiger charge is -2.16. The van der Waals surface area contributed by atoms with Crippen LogP contribution in [-0.4, -0.2) is 17.8 Å². The summed E-state index contributed by atoms with van der Waals surface area (Å²) in [5.41, 5.74) is 2.37. The van der Waals surface area contributed by atoms with E-state index >= 15 is 0 Å². The highest BCUT2D eigenvalue weighted by Crippen LogP contribution is 2.24. The molecule has 15 heavy (non-hydrogen) atoms. The molecule has 0 aromatic heterocycles. The Hall–Kier alpha value is -0.540. The van der Waals surface area contributed by atoms with Gasteiger partial charge in [0.1, 0.15) is 0 Å². The van der Waals surface area contributed by atoms with Gasteiger partial charge in [-0.3, -0.25) is 0 Å². The van der Waals surface area contributed by atoms with Gasteiger partial charge in [-0.15, -0.1) is 0 Å². The summed E-state index contributed by atoms with van der Waals surface area (Å²) in [7, 11) is 0. The van der Waals surface area contributed by atoms with Crippen LogP contribution in [0.4, 0.5) is 5.69 Å². The molecule has 0 saturated carbocycles. The Bertz CT molecular complexity index is 314. The van der Waals surface area contributed by atoms with E-state index in [0.717, 1.165) is 23.0 Å². The first-order valence-corrected chi connectivity index (χ1v) is 6.06. The third-order valence-electron chi connectivity index (χ3n) is 2.32. The summed E-state index contributed by atoms with van der Waals surface area (Å²) in [4.78, 5) is 0. The summed E-state index contributed by atoms with van der Waals surface area (Å²) in [5.74, 6) is 0. The van der Waals surface area contributed by atoms with E-state index in [1.807, 2.05) is 0 Å². The lowest BCUT2D eigenvalue weighted by molar-refractivity contribution is 0.282. The van der Waals surface area contributed by atoms with E-state index in [0.29, 0.717) is 6.04 Å². The molecule has 1 unspecified atom stereocenters. The molecular weight excluding hydrogens is 254 g/mol. The molecule has 3 heteroatoms. The van der Waals surface area contributed by atoms with Crippen LogP contribution in [0.15, 0.2) is 22.7 Å². The number of hydrogen-bond donors (Lipinski definition) is 2. The molecule has 0 saturated heterocycles. The molecule has 0 bridgehead atoms. The Kier molecular flexibility index (Phi) is 5.12. The normalized spacial score (nSPS) is 12.5. The third-order valence-corrected chi connectivity index (χ3v) is 3.01. The van der Waals surface area contributed by atoms with E-state index in [9.17, 15) is 0 Å². The first kappa shape index (κ1) is 12.5. The van der Waals surface area contributed by atoms with Crippen molar-refractivity contribution in [1.29, 1.82) is 0 Å². The number of hydrogen-bond acceptors (Lipinski definition) is 2. The van der Waals surface area contributed by atoms with Gasteiger partial charge < -0.3 is 10.4 Å². The Morgan fingerprint density at radius 3 is 2.87 bits per heavy atom. The molecular formula is C12H18BrNO. The Balaban J connectivity index is 2.59. The van der Waals surface area contributed by atoms with Gasteiger partial charge >= 0.3 is 0 Å². The molecule has 84 valence electrons. The third kappa shape index (κ3) is 4.22. The number of aryl methyl sites for hydroxylation is 1. The molecule has 1 rings (SSSR count). The highest BCUT2D eigenvalue weighted by molar-refractivity contribution is 9.10. The monoisotopic (exact) mass is 271 g/mol. The van der Waals surface area contributed by atoms with Gasteiger partial charge in [0.15, 0.2) is 0 Å². The van der Waals surface area contributed by atoms with Crippen molar-refractivity contribution in [1.82, 2.24) is 0 Å². The fraction of sp³-hybridized carbons (Fsp3) is 0.500. The number of benzene rings is 1. The van der Waals surface area contributed by atoms with Gasteiger partial charge in [-0.1, -0.05) is 6.07 Å². The standard InChI is InChI=1S/C12H18BrNO/c1-9-5-6-11(13)12(8-9)14-10(2)4-3-7-15/h5-6,8,10,14-15H,3-4,7H2,1-2H3. The molecule has 0 fully saturated rings. The molecule has 1 aromatic carbocycles. The zero-order valence-electron chi connectivity index (χ0n) is 9.26. The first-order valence-electron chi connectivity index (χ1n) is 5.27. The summed E-state index contributed by atoms with van der Waals surface area (Å²) in [6.07, 6.45) is 1.83. The van der Waals surface area contributed by atoms with E-state index in [1.165, 1.54) is 5.56 Å². The molecule has 2 nitrogen and oxygen atoms in total. The van der Waals surface area contributed by atoms with Crippen LogP contribution >= 0.6 is 15.9 Å². The predicted octanol–water partition coefficient (Wildman–Crippen LogP) is 3.33. The number of halogens is 1. The van der Waals surface area contributed by atoms with Gasteiger partial charge in [-0.2, -0.15) is 0 Å². The van der Waals surface area contributed by atoms with Crippen LogP contribution in [0.3, 0.4) is 0 Å². The summed E-state index contributed by atoms with van der Waals surface area (Å²) < 4.78 is 1.09. The number of aliphatic hydroxyl groups excluding tert-OH is 1. The van der Waals surface area contributed by atoms with Crippen LogP contribution in [0.1, 0.15) is 25.3 Å². The lowest BCUT2D eigenvalue weighted by atomic mass is 10.1. The Labute approximate surface area is 99.8 Å². The molecule has 0 aliphatic rings. The first-order chi connectivity index (χ1) is 7.13. The summed E-state index contributed by atoms with van der Waals surface area (Å²) >= 11 is 3.52. The average molecular weight is 272 g/mol. The molecule has 2 N–H and O–H groups in total. The van der Waals surface area contributed by atoms with Crippen LogP contribution in [0.25, 0.3) is 0 Å². The molecule has 0 heterocycles. The Morgan fingerprint density at radius 2 is 2.20 bits per heavy atom. The SMILES string of the molecule is Cc1ccc(Br)c(NC(C)CCCO)c1. The van der Waals surface area contributed by atoms with E-state index in [1.54, 1.807) is 0 Å². The van der Waals surface area contributed by atoms with Crippen LogP contribution in [-0.2, 0) is 0 Å². The zero-order valence-corrected chi connectivity index (χ0v) is 10.8. The minimum atomic E-state index is 0.265. The quantitative estimate of drug-likeness (QED) is 0.861. The van der Waals surface area contributed by atoms with Gasteiger partial charge in [0.2, 0.25) is 0 Å². The average Bonchev–Trinajstić information content (AvgIpc) is 2.20. The minimum absolute atomic E-state index is 0.265. The number of anilines is 1. The van der Waals surface area contributed by atoms with E-state index < -0.39 is 0 Å². The largest absolute Gasteiger partial charge is 0.396 e. The van der Waals surface area contributed by atoms with Crippen LogP contribution < -0.4 is 5.32 Å². The maximum atomic E-state index is 8.74. The van der Waals surface area contributed by atoms with Crippen molar-refractivity contribution < 1.29 is 5.11 Å². The molecule has 0 aliphatic carbocycles. The smallest absolute Gasteiger partial charge is 0.0489 e. The maximum Gasteiger partial charge on any atom is 0.0489 e. The van der Waals surface area contributed by atoms with Gasteiger partial charge in [-0.25, -0.2) is 0 Å². The van der Waals surface area contributed by atoms with Gasteiger partial charge in [0.25, 0.3) is 0 Å². The highest BCUT2D eigenvalue weighted by Gasteiger charge is 2.04. The second-order valence-electron chi connectivity index (χ2n) is 3.89. The number of aliphatic hydroxyl groups is 1. The topological polar surface area (TPSA) is 32.3 Å². The molecule has 1 aromatic rings. The van der Waals surface area contributed by atoms with Crippen molar-refractivity contribution in [2.24, 2.45) is 0 Å². The molecule has 0 radical (unpaired) electrons. The highest BCUT2D eigenvalue weighted by atomic mass is 79.9. The zero-order chi connectivity index (χ0) is 11.3. The number of nitrogens with one attached hydrogen (secondary N) is 1. The van der Waals surface area contributed by atoms with Crippen LogP contribution in [0.2, 0.25) is 0 Å². The maximum absolute atomic E-state index is 8.74. The van der Waals surface area contributed by atoms with Crippen molar-refractivity contribution in [3.05, 3.63) is 28.2 Å². The van der Waals surface area contributed by atoms with Gasteiger partial charge in [-0.05, 0) is 60.3 Å². The van der Waals surface area contributed by atoms with E-state index in [4.69, 9.17) is 5.11 Å². The van der Waals surface area contributed by atoms with Crippen molar-refractivity contribution in [2.45, 2.75) is 32.7 Å². The van der Waals surface area contributed by atoms with Gasteiger partial charge in [0.05, 0.1) is 0 Å². The fourth-order valence-corrected chi connectivity index (χ4v) is 1.85. The lowest BCUT2D eigenvalue weighted by Crippen LogP contribution is -2.15. The fourth-order valence-electron chi connectivity index (χ4n) is 1.48. The van der Waals surface area contributed by atoms with Crippen molar-refractivity contribution in [3.8, 4) is 0 Å². The van der Waals surface area contributed by atoms with Crippen molar-refractivity contribution in [3.63, 3.8) is 0 Å². The van der Waals surface area contributed by atoms with Crippen molar-refractivity contribution >= 4 is 21.6 Å². The number of rotatable bonds is 5. The molecule has 0 amide bonds. The van der Waals surface area contributed by atoms with E-state index in [-0.39, 0.29) is 6.61 Å². The Morgan fingerprint density at radius 1 is 1.47 bits per heavy atom. The summed E-state index contributed by atoms with van der Waals surface area (Å²) in [6.45, 7) is 4.47. The summed E-state index contributed by atoms with van der Waals surface area (Å²) in [6, 6.07) is 6.64. The van der Waals surface area contributed by atoms with Crippen LogP contribution in [0.5, 0.6) is 0 Å². The van der Waals surface area contributed by atoms with Crippen molar-refractivity contribution in [2.75, 3.05) is 11.9 Å². The molecule has 0 aliphatic heterocycles. The summed E-state index contributed by atoms with van der Waals surface area (Å²) in [5, 5.41) is 12.2. The van der Waals surface area contributed by atoms with Gasteiger partial charge in [0, 0.05) is 22.8 Å². The second-order valence-corrected chi connectivity index (χ2v) is 4.75. The minimum Gasteiger partial charge on any atom is -0.396 e. The van der Waals surface area contributed by atoms with Crippen LogP contribution in [0, 0.1) is 6.92 Å². The molecule has 0 spiro atoms. The predicted molar refractivity (Wildman–Crippen MR) is 68.3 cm³/mol. The molecule has 1 atom stereocenters. The second kappa shape index (κ2) is 6.13. The van der Waals surface area contributed by atoms with E-state index in [2.05, 4.69) is 53.3 Å².